The first-order valence-electron chi connectivity index (χ1n) is 12.6. The Morgan fingerprint density at radius 2 is 1.22 bits per heavy atom. The normalized spacial score (nSPS) is 23.4. The van der Waals surface area contributed by atoms with Crippen LogP contribution in [0.5, 0.6) is 0 Å². The van der Waals surface area contributed by atoms with Crippen LogP contribution in [0.4, 0.5) is 0 Å². The number of carbonyl (C=O) groups is 4. The van der Waals surface area contributed by atoms with Gasteiger partial charge in [-0.3, -0.25) is 14.4 Å². The van der Waals surface area contributed by atoms with Gasteiger partial charge in [0.05, 0.1) is 33.2 Å². The van der Waals surface area contributed by atoms with Crippen molar-refractivity contribution in [3.63, 3.8) is 0 Å². The van der Waals surface area contributed by atoms with E-state index < -0.39 is 0 Å². The maximum atomic E-state index is 11.6. The van der Waals surface area contributed by atoms with Gasteiger partial charge >= 0.3 is 17.9 Å². The SMILES string of the molecule is C1=CCC=C1.C1CCOC1.CCC(=O)OC.CCC(C)=O.COC(=O)C1C2C=CC(C2)C1C(=O)OC. The van der Waals surface area contributed by atoms with Crippen LogP contribution in [0.3, 0.4) is 0 Å². The molecule has 1 aliphatic heterocycles. The number of esters is 3. The maximum Gasteiger partial charge on any atom is 0.310 e. The highest BCUT2D eigenvalue weighted by Gasteiger charge is 2.52. The molecule has 1 saturated carbocycles. The van der Waals surface area contributed by atoms with Crippen LogP contribution in [0.2, 0.25) is 0 Å². The molecule has 0 aromatic carbocycles. The molecule has 0 amide bonds. The smallest absolute Gasteiger partial charge is 0.310 e. The molecule has 8 nitrogen and oxygen atoms in total. The van der Waals surface area contributed by atoms with Crippen molar-refractivity contribution in [2.75, 3.05) is 34.5 Å². The first-order valence-corrected chi connectivity index (χ1v) is 12.6. The van der Waals surface area contributed by atoms with Crippen molar-refractivity contribution in [3.8, 4) is 0 Å². The summed E-state index contributed by atoms with van der Waals surface area (Å²) >= 11 is 0. The zero-order valence-corrected chi connectivity index (χ0v) is 22.7. The molecule has 1 saturated heterocycles. The van der Waals surface area contributed by atoms with Gasteiger partial charge in [-0.25, -0.2) is 0 Å². The minimum Gasteiger partial charge on any atom is -0.469 e. The van der Waals surface area contributed by atoms with E-state index in [0.717, 1.165) is 26.1 Å². The fraction of sp³-hybridized carbons (Fsp3) is 0.643. The molecule has 0 radical (unpaired) electrons. The molecule has 4 aliphatic rings. The standard InChI is InChI=1S/C11H14O4.C5H6.C4H8O2.2C4H8O/c1-14-10(12)8-6-3-4-7(5-6)9(8)11(13)15-2;1-2-4-5-3-1;1-3-4(5)6-2;1-2-4-5-3-1;1-3-4(2)5/h3-4,6-9H,5H2,1-2H3;1-4H,5H2;3H2,1-2H3;1-4H2;3H2,1-2H3. The third kappa shape index (κ3) is 13.4. The monoisotopic (exact) mass is 508 g/mol. The van der Waals surface area contributed by atoms with Gasteiger partial charge in [-0.1, -0.05) is 50.3 Å². The average molecular weight is 509 g/mol. The van der Waals surface area contributed by atoms with Gasteiger partial charge in [-0.05, 0) is 44.4 Å². The van der Waals surface area contributed by atoms with E-state index in [1.165, 1.54) is 34.2 Å². The van der Waals surface area contributed by atoms with Crippen molar-refractivity contribution in [2.24, 2.45) is 23.7 Å². The van der Waals surface area contributed by atoms with Crippen molar-refractivity contribution in [3.05, 3.63) is 36.5 Å². The quantitative estimate of drug-likeness (QED) is 0.308. The Balaban J connectivity index is 0.000000483. The molecule has 4 rings (SSSR count). The van der Waals surface area contributed by atoms with Gasteiger partial charge in [0.25, 0.3) is 0 Å². The van der Waals surface area contributed by atoms with Crippen LogP contribution in [0.1, 0.15) is 59.3 Å². The number of carbonyl (C=O) groups excluding carboxylic acids is 4. The van der Waals surface area contributed by atoms with E-state index >= 15 is 0 Å². The zero-order chi connectivity index (χ0) is 27.3. The number of hydrogen-bond donors (Lipinski definition) is 0. The second-order valence-corrected chi connectivity index (χ2v) is 8.44. The van der Waals surface area contributed by atoms with E-state index in [9.17, 15) is 19.2 Å². The fourth-order valence-corrected chi connectivity index (χ4v) is 3.78. The van der Waals surface area contributed by atoms with Crippen LogP contribution in [0, 0.1) is 23.7 Å². The summed E-state index contributed by atoms with van der Waals surface area (Å²) in [4.78, 5) is 42.9. The first kappa shape index (κ1) is 33.3. The lowest BCUT2D eigenvalue weighted by Crippen LogP contribution is -2.34. The van der Waals surface area contributed by atoms with Gasteiger partial charge in [-0.15, -0.1) is 0 Å². The molecule has 3 aliphatic carbocycles. The lowest BCUT2D eigenvalue weighted by atomic mass is 9.83. The molecule has 36 heavy (non-hydrogen) atoms. The van der Waals surface area contributed by atoms with Crippen LogP contribution >= 0.6 is 0 Å². The van der Waals surface area contributed by atoms with Gasteiger partial charge in [-0.2, -0.15) is 0 Å². The number of ketones is 1. The van der Waals surface area contributed by atoms with Crippen LogP contribution < -0.4 is 0 Å². The molecule has 8 heteroatoms. The van der Waals surface area contributed by atoms with Gasteiger partial charge in [0.1, 0.15) is 5.78 Å². The molecular formula is C28H44O8. The van der Waals surface area contributed by atoms with Crippen molar-refractivity contribution < 1.29 is 38.1 Å². The summed E-state index contributed by atoms with van der Waals surface area (Å²) in [6.07, 6.45) is 18.1. The molecule has 1 heterocycles. The Kier molecular flexibility index (Phi) is 18.9. The van der Waals surface area contributed by atoms with Crippen LogP contribution in [0.25, 0.3) is 0 Å². The number of rotatable bonds is 4. The van der Waals surface area contributed by atoms with Crippen LogP contribution in [-0.2, 0) is 38.1 Å². The van der Waals surface area contributed by atoms with E-state index in [-0.39, 0.29) is 47.4 Å². The van der Waals surface area contributed by atoms with Gasteiger partial charge in [0, 0.05) is 26.1 Å². The Bertz CT molecular complexity index is 695. The number of allylic oxidation sites excluding steroid dienone is 6. The topological polar surface area (TPSA) is 105 Å². The number of fused-ring (bicyclic) bond motifs is 2. The molecule has 2 bridgehead atoms. The van der Waals surface area contributed by atoms with Crippen molar-refractivity contribution >= 4 is 23.7 Å². The van der Waals surface area contributed by atoms with Crippen LogP contribution in [0.15, 0.2) is 36.5 Å². The van der Waals surface area contributed by atoms with E-state index in [2.05, 4.69) is 29.0 Å². The highest BCUT2D eigenvalue weighted by molar-refractivity contribution is 5.84. The summed E-state index contributed by atoms with van der Waals surface area (Å²) in [5.41, 5.74) is 0. The number of hydrogen-bond acceptors (Lipinski definition) is 8. The fourth-order valence-electron chi connectivity index (χ4n) is 3.78. The molecule has 4 unspecified atom stereocenters. The molecule has 0 aromatic rings. The minimum atomic E-state index is -0.350. The Morgan fingerprint density at radius 3 is 1.42 bits per heavy atom. The molecule has 0 aromatic heterocycles. The molecule has 204 valence electrons. The molecule has 2 fully saturated rings. The zero-order valence-electron chi connectivity index (χ0n) is 22.7. The van der Waals surface area contributed by atoms with Gasteiger partial charge in [0.2, 0.25) is 0 Å². The molecule has 4 atom stereocenters. The lowest BCUT2D eigenvalue weighted by Gasteiger charge is -2.23. The van der Waals surface area contributed by atoms with Gasteiger partial charge in [0.15, 0.2) is 0 Å². The lowest BCUT2D eigenvalue weighted by molar-refractivity contribution is -0.158. The molecule has 0 spiro atoms. The van der Waals surface area contributed by atoms with Crippen molar-refractivity contribution in [2.45, 2.75) is 59.3 Å². The summed E-state index contributed by atoms with van der Waals surface area (Å²) in [6.45, 7) is 7.19. The van der Waals surface area contributed by atoms with Crippen LogP contribution in [-0.4, -0.2) is 58.2 Å². The highest BCUT2D eigenvalue weighted by atomic mass is 16.5. The predicted octanol–water partition coefficient (Wildman–Crippen LogP) is 4.62. The Labute approximate surface area is 216 Å². The Morgan fingerprint density at radius 1 is 0.778 bits per heavy atom. The van der Waals surface area contributed by atoms with E-state index in [1.54, 1.807) is 13.8 Å². The molecule has 0 N–H and O–H groups in total. The van der Waals surface area contributed by atoms with Crippen molar-refractivity contribution in [1.82, 2.24) is 0 Å². The second kappa shape index (κ2) is 20.5. The number of methoxy groups -OCH3 is 3. The maximum absolute atomic E-state index is 11.6. The number of ether oxygens (including phenoxy) is 4. The second-order valence-electron chi connectivity index (χ2n) is 8.44. The molecular weight excluding hydrogens is 464 g/mol. The van der Waals surface area contributed by atoms with E-state index in [0.29, 0.717) is 12.8 Å². The minimum absolute atomic E-state index is 0.145. The average Bonchev–Trinajstić information content (AvgIpc) is 3.74. The van der Waals surface area contributed by atoms with E-state index in [1.807, 2.05) is 19.1 Å². The summed E-state index contributed by atoms with van der Waals surface area (Å²) in [5.74, 6) is -0.919. The summed E-state index contributed by atoms with van der Waals surface area (Å²) < 4.78 is 18.7. The predicted molar refractivity (Wildman–Crippen MR) is 138 cm³/mol. The Hall–Kier alpha value is -2.74. The third-order valence-corrected chi connectivity index (χ3v) is 5.90. The highest BCUT2D eigenvalue weighted by Crippen LogP contribution is 2.48. The number of Topliss-reactive ketones (excluding diaryl/α,β-unsaturated/α-hetero) is 1. The first-order chi connectivity index (χ1) is 17.3. The third-order valence-electron chi connectivity index (χ3n) is 5.90. The summed E-state index contributed by atoms with van der Waals surface area (Å²) in [5, 5.41) is 0. The summed E-state index contributed by atoms with van der Waals surface area (Å²) in [6, 6.07) is 0. The van der Waals surface area contributed by atoms with Crippen molar-refractivity contribution in [1.29, 1.82) is 0 Å². The summed E-state index contributed by atoms with van der Waals surface area (Å²) in [7, 11) is 4.09. The largest absolute Gasteiger partial charge is 0.469 e. The van der Waals surface area contributed by atoms with Gasteiger partial charge < -0.3 is 23.7 Å². The van der Waals surface area contributed by atoms with E-state index in [4.69, 9.17) is 14.2 Å².